The quantitative estimate of drug-likeness (QED) is 0.740. The van der Waals surface area contributed by atoms with E-state index in [1.54, 1.807) is 6.26 Å². The molecule has 2 N–H and O–H groups in total. The maximum Gasteiger partial charge on any atom is 0.146 e. The molecule has 0 atom stereocenters. The van der Waals surface area contributed by atoms with Crippen LogP contribution >= 0.6 is 0 Å². The summed E-state index contributed by atoms with van der Waals surface area (Å²) in [5.41, 5.74) is 9.82. The van der Waals surface area contributed by atoms with Gasteiger partial charge in [0.25, 0.3) is 0 Å². The van der Waals surface area contributed by atoms with E-state index < -0.39 is 0 Å². The van der Waals surface area contributed by atoms with Gasteiger partial charge in [0.1, 0.15) is 29.7 Å². The second-order valence-electron chi connectivity index (χ2n) is 4.24. The van der Waals surface area contributed by atoms with E-state index >= 15 is 0 Å². The van der Waals surface area contributed by atoms with Crippen molar-refractivity contribution in [1.82, 2.24) is 19.7 Å². The van der Waals surface area contributed by atoms with E-state index in [9.17, 15) is 0 Å². The Hall–Kier alpha value is -2.37. The van der Waals surface area contributed by atoms with Crippen LogP contribution in [0, 0.1) is 13.8 Å². The van der Waals surface area contributed by atoms with Gasteiger partial charge >= 0.3 is 0 Å². The maximum atomic E-state index is 5.91. The molecule has 3 heterocycles. The lowest BCUT2D eigenvalue weighted by molar-refractivity contribution is 0.410. The summed E-state index contributed by atoms with van der Waals surface area (Å²) in [6.07, 6.45) is 3.04. The summed E-state index contributed by atoms with van der Waals surface area (Å²) in [6.45, 7) is 4.68. The summed E-state index contributed by atoms with van der Waals surface area (Å²) >= 11 is 0. The van der Waals surface area contributed by atoms with Crippen LogP contribution in [0.3, 0.4) is 0 Å². The minimum absolute atomic E-state index is 0.513. The molecule has 3 aromatic rings. The number of nitrogens with zero attached hydrogens (tertiary/aromatic N) is 4. The smallest absolute Gasteiger partial charge is 0.146 e. The summed E-state index contributed by atoms with van der Waals surface area (Å²) in [7, 11) is 0. The maximum absolute atomic E-state index is 5.91. The number of aryl methyl sites for hydroxylation is 1. The van der Waals surface area contributed by atoms with Crippen molar-refractivity contribution in [2.24, 2.45) is 0 Å². The van der Waals surface area contributed by atoms with Crippen LogP contribution in [0.4, 0.5) is 5.82 Å². The average molecular weight is 243 g/mol. The van der Waals surface area contributed by atoms with Crippen molar-refractivity contribution in [1.29, 1.82) is 0 Å². The molecule has 6 nitrogen and oxygen atoms in total. The lowest BCUT2D eigenvalue weighted by atomic mass is 10.2. The predicted molar refractivity (Wildman–Crippen MR) is 67.0 cm³/mol. The second kappa shape index (κ2) is 3.83. The van der Waals surface area contributed by atoms with Gasteiger partial charge in [0, 0.05) is 11.8 Å². The van der Waals surface area contributed by atoms with Crippen molar-refractivity contribution < 1.29 is 4.52 Å². The molecule has 0 aliphatic heterocycles. The number of anilines is 1. The van der Waals surface area contributed by atoms with Crippen LogP contribution < -0.4 is 5.73 Å². The highest BCUT2D eigenvalue weighted by Crippen LogP contribution is 2.27. The fourth-order valence-electron chi connectivity index (χ4n) is 2.17. The molecular formula is C12H13N5O. The van der Waals surface area contributed by atoms with E-state index in [2.05, 4.69) is 19.7 Å². The van der Waals surface area contributed by atoms with Gasteiger partial charge in [-0.05, 0) is 19.4 Å². The number of hydrogen-bond donors (Lipinski definition) is 1. The minimum Gasteiger partial charge on any atom is -0.383 e. The molecular weight excluding hydrogens is 230 g/mol. The molecule has 0 unspecified atom stereocenters. The molecule has 0 aromatic carbocycles. The highest BCUT2D eigenvalue weighted by atomic mass is 16.5. The van der Waals surface area contributed by atoms with E-state index in [0.29, 0.717) is 12.4 Å². The zero-order valence-corrected chi connectivity index (χ0v) is 10.2. The SMILES string of the molecule is Cc1c(C)n(Cc2ccon2)c2ncnc(N)c12. The lowest BCUT2D eigenvalue weighted by Gasteiger charge is -2.04. The number of fused-ring (bicyclic) bond motifs is 1. The first-order chi connectivity index (χ1) is 8.68. The van der Waals surface area contributed by atoms with Crippen molar-refractivity contribution in [3.8, 4) is 0 Å². The Morgan fingerprint density at radius 3 is 2.89 bits per heavy atom. The number of nitrogen functional groups attached to an aromatic ring is 1. The van der Waals surface area contributed by atoms with Crippen molar-refractivity contribution in [3.05, 3.63) is 35.6 Å². The highest BCUT2D eigenvalue weighted by molar-refractivity contribution is 5.90. The molecule has 0 saturated heterocycles. The van der Waals surface area contributed by atoms with E-state index in [1.807, 2.05) is 19.9 Å². The first-order valence-corrected chi connectivity index (χ1v) is 5.63. The fourth-order valence-corrected chi connectivity index (χ4v) is 2.17. The molecule has 18 heavy (non-hydrogen) atoms. The van der Waals surface area contributed by atoms with Crippen LogP contribution in [0.1, 0.15) is 17.0 Å². The number of nitrogens with two attached hydrogens (primary N) is 1. The first kappa shape index (κ1) is 10.8. The van der Waals surface area contributed by atoms with Crippen LogP contribution in [0.5, 0.6) is 0 Å². The van der Waals surface area contributed by atoms with Crippen LogP contribution in [-0.2, 0) is 6.54 Å². The standard InChI is InChI=1S/C12H13N5O/c1-7-8(2)17(5-9-3-4-18-16-9)12-10(7)11(13)14-6-15-12/h3-4,6H,5H2,1-2H3,(H2,13,14,15). The number of aromatic nitrogens is 4. The van der Waals surface area contributed by atoms with Gasteiger partial charge in [-0.25, -0.2) is 9.97 Å². The monoisotopic (exact) mass is 243 g/mol. The highest BCUT2D eigenvalue weighted by Gasteiger charge is 2.15. The Bertz CT molecular complexity index is 699. The van der Waals surface area contributed by atoms with Gasteiger partial charge in [0.15, 0.2) is 0 Å². The molecule has 3 aromatic heterocycles. The van der Waals surface area contributed by atoms with Gasteiger partial charge in [-0.15, -0.1) is 0 Å². The molecule has 0 saturated carbocycles. The van der Waals surface area contributed by atoms with Crippen LogP contribution in [0.2, 0.25) is 0 Å². The molecule has 0 fully saturated rings. The molecule has 0 amide bonds. The van der Waals surface area contributed by atoms with Crippen LogP contribution in [0.15, 0.2) is 23.2 Å². The van der Waals surface area contributed by atoms with Crippen molar-refractivity contribution in [3.63, 3.8) is 0 Å². The summed E-state index contributed by atoms with van der Waals surface area (Å²) < 4.78 is 6.92. The Labute approximate surface area is 103 Å². The van der Waals surface area contributed by atoms with Gasteiger partial charge in [-0.2, -0.15) is 0 Å². The van der Waals surface area contributed by atoms with Crippen LogP contribution in [0.25, 0.3) is 11.0 Å². The average Bonchev–Trinajstić information content (AvgIpc) is 2.94. The van der Waals surface area contributed by atoms with E-state index in [-0.39, 0.29) is 0 Å². The summed E-state index contributed by atoms with van der Waals surface area (Å²) in [6, 6.07) is 1.84. The van der Waals surface area contributed by atoms with Crippen molar-refractivity contribution in [2.75, 3.05) is 5.73 Å². The third-order valence-electron chi connectivity index (χ3n) is 3.25. The van der Waals surface area contributed by atoms with Crippen LogP contribution in [-0.4, -0.2) is 19.7 Å². The molecule has 0 radical (unpaired) electrons. The summed E-state index contributed by atoms with van der Waals surface area (Å²) in [5, 5.41) is 4.84. The molecule has 0 aliphatic rings. The molecule has 0 bridgehead atoms. The number of rotatable bonds is 2. The minimum atomic E-state index is 0.513. The molecule has 6 heteroatoms. The number of hydrogen-bond acceptors (Lipinski definition) is 5. The normalized spacial score (nSPS) is 11.2. The van der Waals surface area contributed by atoms with Crippen molar-refractivity contribution in [2.45, 2.75) is 20.4 Å². The zero-order valence-electron chi connectivity index (χ0n) is 10.2. The van der Waals surface area contributed by atoms with Gasteiger partial charge in [-0.1, -0.05) is 5.16 Å². The second-order valence-corrected chi connectivity index (χ2v) is 4.24. The predicted octanol–water partition coefficient (Wildman–Crippen LogP) is 1.67. The lowest BCUT2D eigenvalue weighted by Crippen LogP contribution is -2.03. The Kier molecular flexibility index (Phi) is 2.29. The topological polar surface area (TPSA) is 82.8 Å². The van der Waals surface area contributed by atoms with E-state index in [4.69, 9.17) is 10.3 Å². The van der Waals surface area contributed by atoms with Gasteiger partial charge in [0.05, 0.1) is 11.9 Å². The van der Waals surface area contributed by atoms with Gasteiger partial charge in [0.2, 0.25) is 0 Å². The molecule has 0 spiro atoms. The van der Waals surface area contributed by atoms with Crippen molar-refractivity contribution >= 4 is 16.9 Å². The summed E-state index contributed by atoms with van der Waals surface area (Å²) in [4.78, 5) is 8.36. The Morgan fingerprint density at radius 1 is 1.33 bits per heavy atom. The third kappa shape index (κ3) is 1.46. The Morgan fingerprint density at radius 2 is 2.17 bits per heavy atom. The fraction of sp³-hybridized carbons (Fsp3) is 0.250. The van der Waals surface area contributed by atoms with E-state index in [1.165, 1.54) is 6.33 Å². The van der Waals surface area contributed by atoms with E-state index in [0.717, 1.165) is 28.0 Å². The zero-order chi connectivity index (χ0) is 12.7. The van der Waals surface area contributed by atoms with Gasteiger partial charge in [-0.3, -0.25) is 0 Å². The first-order valence-electron chi connectivity index (χ1n) is 5.63. The molecule has 3 rings (SSSR count). The molecule has 92 valence electrons. The summed E-state index contributed by atoms with van der Waals surface area (Å²) in [5.74, 6) is 0.513. The molecule has 0 aliphatic carbocycles. The third-order valence-corrected chi connectivity index (χ3v) is 3.25. The van der Waals surface area contributed by atoms with Gasteiger partial charge < -0.3 is 14.8 Å². The Balaban J connectivity index is 2.23. The largest absolute Gasteiger partial charge is 0.383 e.